The van der Waals surface area contributed by atoms with E-state index in [1.54, 1.807) is 6.92 Å². The fourth-order valence-electron chi connectivity index (χ4n) is 3.98. The monoisotopic (exact) mass is 409 g/mol. The predicted molar refractivity (Wildman–Crippen MR) is 102 cm³/mol. The van der Waals surface area contributed by atoms with Gasteiger partial charge in [0.15, 0.2) is 5.82 Å². The number of carbonyl (C=O) groups is 1. The molecule has 2 N–H and O–H groups in total. The van der Waals surface area contributed by atoms with Crippen molar-refractivity contribution in [3.8, 4) is 0 Å². The van der Waals surface area contributed by atoms with Crippen LogP contribution in [0.25, 0.3) is 10.9 Å². The molecule has 2 heterocycles. The molecule has 0 radical (unpaired) electrons. The molecule has 2 fully saturated rings. The van der Waals surface area contributed by atoms with E-state index in [1.807, 2.05) is 0 Å². The maximum absolute atomic E-state index is 15.4. The van der Waals surface area contributed by atoms with E-state index in [4.69, 9.17) is 0 Å². The molecule has 2 aromatic rings. The summed E-state index contributed by atoms with van der Waals surface area (Å²) in [6, 6.07) is 1.27. The largest absolute Gasteiger partial charge is 0.477 e. The zero-order valence-corrected chi connectivity index (χ0v) is 15.9. The quantitative estimate of drug-likeness (QED) is 0.767. The first-order chi connectivity index (χ1) is 13.8. The van der Waals surface area contributed by atoms with Gasteiger partial charge in [-0.05, 0) is 25.8 Å². The molecule has 1 saturated carbocycles. The second-order valence-corrected chi connectivity index (χ2v) is 7.74. The molecule has 0 bridgehead atoms. The fraction of sp³-hybridized carbons (Fsp3) is 0.500. The average molecular weight is 409 g/mol. The van der Waals surface area contributed by atoms with Crippen LogP contribution < -0.4 is 15.6 Å². The number of nitrogens with zero attached hydrogens (tertiary/aromatic N) is 2. The van der Waals surface area contributed by atoms with E-state index in [0.717, 1.165) is 25.1 Å². The maximum atomic E-state index is 15.4. The molecule has 0 spiro atoms. The van der Waals surface area contributed by atoms with E-state index >= 15 is 4.39 Å². The van der Waals surface area contributed by atoms with Gasteiger partial charge in [0, 0.05) is 44.3 Å². The molecule has 1 saturated heterocycles. The van der Waals surface area contributed by atoms with Crippen molar-refractivity contribution in [3.63, 3.8) is 0 Å². The van der Waals surface area contributed by atoms with Crippen LogP contribution in [0, 0.1) is 17.6 Å². The third-order valence-corrected chi connectivity index (χ3v) is 5.72. The van der Waals surface area contributed by atoms with Crippen LogP contribution in [0.4, 0.5) is 18.9 Å². The van der Waals surface area contributed by atoms with Gasteiger partial charge in [-0.15, -0.1) is 0 Å². The normalized spacial score (nSPS) is 21.9. The first-order valence-corrected chi connectivity index (χ1v) is 9.72. The summed E-state index contributed by atoms with van der Waals surface area (Å²) in [5.74, 6) is -3.82. The number of fused-ring (bicyclic) bond motifs is 1. The molecule has 29 heavy (non-hydrogen) atoms. The van der Waals surface area contributed by atoms with Crippen LogP contribution in [0.1, 0.15) is 30.1 Å². The van der Waals surface area contributed by atoms with Crippen LogP contribution in [-0.4, -0.2) is 47.5 Å². The van der Waals surface area contributed by atoms with Crippen LogP contribution in [0.2, 0.25) is 0 Å². The van der Waals surface area contributed by atoms with Crippen molar-refractivity contribution in [3.05, 3.63) is 39.7 Å². The Morgan fingerprint density at radius 3 is 2.66 bits per heavy atom. The Hall–Kier alpha value is -2.55. The molecule has 9 heteroatoms. The number of aromatic nitrogens is 1. The topological polar surface area (TPSA) is 74.6 Å². The van der Waals surface area contributed by atoms with Gasteiger partial charge in [0.2, 0.25) is 5.43 Å². The highest BCUT2D eigenvalue weighted by Gasteiger charge is 2.37. The summed E-state index contributed by atoms with van der Waals surface area (Å²) >= 11 is 0. The molecule has 2 atom stereocenters. The lowest BCUT2D eigenvalue weighted by Crippen LogP contribution is -2.30. The molecule has 4 rings (SSSR count). The van der Waals surface area contributed by atoms with Crippen molar-refractivity contribution in [1.82, 2.24) is 9.88 Å². The van der Waals surface area contributed by atoms with Crippen molar-refractivity contribution < 1.29 is 23.1 Å². The number of benzene rings is 1. The molecule has 1 aliphatic carbocycles. The third-order valence-electron chi connectivity index (χ3n) is 5.72. The van der Waals surface area contributed by atoms with E-state index in [-0.39, 0.29) is 42.1 Å². The Balaban J connectivity index is 1.76. The minimum absolute atomic E-state index is 0.139. The number of carboxylic acids is 1. The molecule has 2 aliphatic rings. The van der Waals surface area contributed by atoms with Crippen molar-refractivity contribution in [1.29, 1.82) is 0 Å². The Bertz CT molecular complexity index is 1040. The minimum Gasteiger partial charge on any atom is -0.477 e. The number of carboxylic acid groups (broad SMARTS) is 1. The second-order valence-electron chi connectivity index (χ2n) is 7.74. The van der Waals surface area contributed by atoms with E-state index in [9.17, 15) is 23.5 Å². The lowest BCUT2D eigenvalue weighted by atomic mass is 10.1. The zero-order chi connectivity index (χ0) is 20.9. The number of nitrogens with one attached hydrogen (secondary N) is 1. The molecule has 1 aliphatic heterocycles. The zero-order valence-electron chi connectivity index (χ0n) is 15.9. The predicted octanol–water partition coefficient (Wildman–Crippen LogP) is 2.52. The summed E-state index contributed by atoms with van der Waals surface area (Å²) in [5.41, 5.74) is -2.05. The standard InChI is InChI=1S/C20H22F3N3O3/c1-2-25-8-13(20(28)29)19(27)12-5-14(21)18(16(23)17(12)25)26-7-10(15(22)9-26)6-24-11-3-4-11/h5,8,10-11,15,24H,2-4,6-7,9H2,1H3,(H,28,29)/t10-,15+/m0/s1. The van der Waals surface area contributed by atoms with E-state index < -0.39 is 34.8 Å². The number of anilines is 1. The van der Waals surface area contributed by atoms with Crippen LogP contribution >= 0.6 is 0 Å². The number of aryl methyl sites for hydroxylation is 1. The Kier molecular flexibility index (Phi) is 5.02. The highest BCUT2D eigenvalue weighted by atomic mass is 19.1. The van der Waals surface area contributed by atoms with Crippen LogP contribution in [0.5, 0.6) is 0 Å². The Morgan fingerprint density at radius 2 is 2.03 bits per heavy atom. The van der Waals surface area contributed by atoms with E-state index in [0.29, 0.717) is 12.6 Å². The number of halogens is 3. The number of pyridine rings is 1. The second kappa shape index (κ2) is 7.37. The molecule has 156 valence electrons. The number of alkyl halides is 1. The lowest BCUT2D eigenvalue weighted by Gasteiger charge is -2.22. The third kappa shape index (κ3) is 3.48. The van der Waals surface area contributed by atoms with Crippen LogP contribution in [0.3, 0.4) is 0 Å². The number of hydrogen-bond donors (Lipinski definition) is 2. The Labute approximate surface area is 164 Å². The maximum Gasteiger partial charge on any atom is 0.341 e. The first-order valence-electron chi connectivity index (χ1n) is 9.72. The molecule has 0 unspecified atom stereocenters. The van der Waals surface area contributed by atoms with Crippen molar-refractivity contribution >= 4 is 22.6 Å². The number of hydrogen-bond acceptors (Lipinski definition) is 4. The summed E-state index contributed by atoms with van der Waals surface area (Å²) in [7, 11) is 0. The smallest absolute Gasteiger partial charge is 0.341 e. The van der Waals surface area contributed by atoms with Gasteiger partial charge in [-0.2, -0.15) is 0 Å². The lowest BCUT2D eigenvalue weighted by molar-refractivity contribution is 0.0694. The highest BCUT2D eigenvalue weighted by molar-refractivity contribution is 5.93. The summed E-state index contributed by atoms with van der Waals surface area (Å²) in [6.45, 7) is 2.30. The summed E-state index contributed by atoms with van der Waals surface area (Å²) in [4.78, 5) is 25.1. The van der Waals surface area contributed by atoms with Gasteiger partial charge in [0.25, 0.3) is 0 Å². The van der Waals surface area contributed by atoms with Crippen molar-refractivity contribution in [2.24, 2.45) is 5.92 Å². The van der Waals surface area contributed by atoms with Crippen LogP contribution in [-0.2, 0) is 6.54 Å². The SMILES string of the molecule is CCn1cc(C(=O)O)c(=O)c2cc(F)c(N3C[C@H](CNC4CC4)[C@H](F)C3)c(F)c21. The number of aromatic carboxylic acids is 1. The van der Waals surface area contributed by atoms with Gasteiger partial charge >= 0.3 is 5.97 Å². The van der Waals surface area contributed by atoms with Gasteiger partial charge in [-0.3, -0.25) is 4.79 Å². The molecular formula is C20H22F3N3O3. The summed E-state index contributed by atoms with van der Waals surface area (Å²) in [5, 5.41) is 12.1. The molecule has 6 nitrogen and oxygen atoms in total. The van der Waals surface area contributed by atoms with Gasteiger partial charge in [-0.1, -0.05) is 0 Å². The van der Waals surface area contributed by atoms with Gasteiger partial charge in [-0.25, -0.2) is 18.0 Å². The highest BCUT2D eigenvalue weighted by Crippen LogP contribution is 2.34. The molecule has 0 amide bonds. The van der Waals surface area contributed by atoms with E-state index in [2.05, 4.69) is 5.32 Å². The van der Waals surface area contributed by atoms with Gasteiger partial charge in [0.05, 0.1) is 10.9 Å². The molecular weight excluding hydrogens is 387 g/mol. The van der Waals surface area contributed by atoms with Gasteiger partial charge in [0.1, 0.15) is 23.2 Å². The fourth-order valence-corrected chi connectivity index (χ4v) is 3.98. The molecule has 1 aromatic heterocycles. The summed E-state index contributed by atoms with van der Waals surface area (Å²) < 4.78 is 46.0. The van der Waals surface area contributed by atoms with Crippen LogP contribution in [0.15, 0.2) is 17.1 Å². The van der Waals surface area contributed by atoms with Crippen molar-refractivity contribution in [2.45, 2.75) is 38.5 Å². The molecule has 1 aromatic carbocycles. The Morgan fingerprint density at radius 1 is 1.31 bits per heavy atom. The van der Waals surface area contributed by atoms with Crippen molar-refractivity contribution in [2.75, 3.05) is 24.5 Å². The summed E-state index contributed by atoms with van der Waals surface area (Å²) in [6.07, 6.45) is 1.96. The first kappa shape index (κ1) is 19.8. The van der Waals surface area contributed by atoms with Gasteiger partial charge < -0.3 is 19.9 Å². The number of rotatable bonds is 6. The van der Waals surface area contributed by atoms with E-state index in [1.165, 1.54) is 9.47 Å². The average Bonchev–Trinajstić information content (AvgIpc) is 3.43. The minimum atomic E-state index is -1.46.